The van der Waals surface area contributed by atoms with E-state index in [9.17, 15) is 13.2 Å². The second-order valence-corrected chi connectivity index (χ2v) is 10.5. The Morgan fingerprint density at radius 1 is 1.10 bits per heavy atom. The van der Waals surface area contributed by atoms with Crippen molar-refractivity contribution in [2.24, 2.45) is 0 Å². The Kier molecular flexibility index (Phi) is 6.88. The van der Waals surface area contributed by atoms with Crippen molar-refractivity contribution in [2.45, 2.75) is 17.8 Å². The standard InChI is InChI=1S/C19H20N4O3S3/c1-3-27-19-22-21-18(28-19)20-17(24)15-9-11-16(12-10-15)23(29(2,25)26)13-14-7-5-4-6-8-14/h4-12H,3,13H2,1-2H3,(H,20,21,24). The van der Waals surface area contributed by atoms with Crippen molar-refractivity contribution in [2.75, 3.05) is 21.6 Å². The molecule has 3 aromatic rings. The summed E-state index contributed by atoms with van der Waals surface area (Å²) in [5.41, 5.74) is 1.77. The molecule has 1 heterocycles. The molecule has 10 heteroatoms. The third-order valence-corrected chi connectivity index (χ3v) is 6.88. The van der Waals surface area contributed by atoms with Gasteiger partial charge in [0.15, 0.2) is 4.34 Å². The summed E-state index contributed by atoms with van der Waals surface area (Å²) in [5.74, 6) is 0.554. The average Bonchev–Trinajstić information content (AvgIpc) is 3.13. The maximum Gasteiger partial charge on any atom is 0.257 e. The minimum atomic E-state index is -3.49. The zero-order valence-corrected chi connectivity index (χ0v) is 18.4. The van der Waals surface area contributed by atoms with E-state index in [0.29, 0.717) is 16.4 Å². The minimum absolute atomic E-state index is 0.216. The minimum Gasteiger partial charge on any atom is -0.296 e. The first-order chi connectivity index (χ1) is 13.9. The Bertz CT molecular complexity index is 1070. The van der Waals surface area contributed by atoms with Gasteiger partial charge in [-0.05, 0) is 35.6 Å². The highest BCUT2D eigenvalue weighted by Gasteiger charge is 2.18. The fourth-order valence-corrected chi connectivity index (χ4v) is 5.07. The molecule has 1 amide bonds. The molecule has 1 N–H and O–H groups in total. The largest absolute Gasteiger partial charge is 0.296 e. The molecule has 0 bridgehead atoms. The summed E-state index contributed by atoms with van der Waals surface area (Å²) < 4.78 is 26.7. The molecule has 0 spiro atoms. The monoisotopic (exact) mass is 448 g/mol. The van der Waals surface area contributed by atoms with Crippen LogP contribution in [0.1, 0.15) is 22.8 Å². The first-order valence-corrected chi connectivity index (χ1v) is 12.4. The number of nitrogens with one attached hydrogen (secondary N) is 1. The van der Waals surface area contributed by atoms with E-state index in [1.54, 1.807) is 36.0 Å². The molecule has 0 aliphatic heterocycles. The van der Waals surface area contributed by atoms with Crippen LogP contribution in [0.25, 0.3) is 0 Å². The molecular formula is C19H20N4O3S3. The van der Waals surface area contributed by atoms with Crippen molar-refractivity contribution in [3.8, 4) is 0 Å². The molecule has 1 aromatic heterocycles. The van der Waals surface area contributed by atoms with Gasteiger partial charge in [0.05, 0.1) is 18.5 Å². The van der Waals surface area contributed by atoms with Crippen molar-refractivity contribution in [1.82, 2.24) is 10.2 Å². The fourth-order valence-electron chi connectivity index (χ4n) is 2.54. The highest BCUT2D eigenvalue weighted by atomic mass is 32.2. The SMILES string of the molecule is CCSc1nnc(NC(=O)c2ccc(N(Cc3ccccc3)S(C)(=O)=O)cc2)s1. The number of nitrogens with zero attached hydrogens (tertiary/aromatic N) is 3. The lowest BCUT2D eigenvalue weighted by Gasteiger charge is -2.22. The molecule has 7 nitrogen and oxygen atoms in total. The number of thioether (sulfide) groups is 1. The third kappa shape index (κ3) is 5.78. The summed E-state index contributed by atoms with van der Waals surface area (Å²) >= 11 is 2.87. The summed E-state index contributed by atoms with van der Waals surface area (Å²) in [5, 5.41) is 11.1. The van der Waals surface area contributed by atoms with E-state index in [2.05, 4.69) is 15.5 Å². The Morgan fingerprint density at radius 3 is 2.41 bits per heavy atom. The second-order valence-electron chi connectivity index (χ2n) is 6.06. The molecule has 0 aliphatic carbocycles. The number of sulfonamides is 1. The van der Waals surface area contributed by atoms with E-state index in [4.69, 9.17) is 0 Å². The van der Waals surface area contributed by atoms with Gasteiger partial charge in [-0.2, -0.15) is 0 Å². The molecule has 3 rings (SSSR count). The summed E-state index contributed by atoms with van der Waals surface area (Å²) in [4.78, 5) is 12.4. The molecule has 0 aliphatic rings. The van der Waals surface area contributed by atoms with Crippen LogP contribution in [0.5, 0.6) is 0 Å². The average molecular weight is 449 g/mol. The Hall–Kier alpha value is -2.43. The summed E-state index contributed by atoms with van der Waals surface area (Å²) in [7, 11) is -3.49. The normalized spacial score (nSPS) is 11.2. The van der Waals surface area contributed by atoms with Crippen molar-refractivity contribution < 1.29 is 13.2 Å². The van der Waals surface area contributed by atoms with Crippen molar-refractivity contribution in [3.63, 3.8) is 0 Å². The van der Waals surface area contributed by atoms with E-state index in [1.165, 1.54) is 15.6 Å². The first kappa shape index (κ1) is 21.3. The molecule has 0 atom stereocenters. The van der Waals surface area contributed by atoms with Gasteiger partial charge in [-0.15, -0.1) is 10.2 Å². The molecular weight excluding hydrogens is 428 g/mol. The number of hydrogen-bond donors (Lipinski definition) is 1. The van der Waals surface area contributed by atoms with Crippen molar-refractivity contribution in [3.05, 3.63) is 65.7 Å². The van der Waals surface area contributed by atoms with Crippen LogP contribution < -0.4 is 9.62 Å². The molecule has 0 saturated heterocycles. The predicted octanol–water partition coefficient (Wildman–Crippen LogP) is 3.87. The van der Waals surface area contributed by atoms with Gasteiger partial charge >= 0.3 is 0 Å². The van der Waals surface area contributed by atoms with Gasteiger partial charge in [-0.25, -0.2) is 8.42 Å². The number of rotatable bonds is 8. The van der Waals surface area contributed by atoms with Crippen molar-refractivity contribution in [1.29, 1.82) is 0 Å². The van der Waals surface area contributed by atoms with E-state index < -0.39 is 10.0 Å². The van der Waals surface area contributed by atoms with E-state index in [0.717, 1.165) is 21.9 Å². The highest BCUT2D eigenvalue weighted by molar-refractivity contribution is 8.01. The zero-order chi connectivity index (χ0) is 20.9. The summed E-state index contributed by atoms with van der Waals surface area (Å²) in [6.07, 6.45) is 1.16. The lowest BCUT2D eigenvalue weighted by atomic mass is 10.2. The van der Waals surface area contributed by atoms with Gasteiger partial charge in [0.25, 0.3) is 5.91 Å². The van der Waals surface area contributed by atoms with Crippen LogP contribution in [0.4, 0.5) is 10.8 Å². The van der Waals surface area contributed by atoms with Crippen LogP contribution in [0.15, 0.2) is 58.9 Å². The highest BCUT2D eigenvalue weighted by Crippen LogP contribution is 2.26. The maximum absolute atomic E-state index is 12.4. The van der Waals surface area contributed by atoms with Crippen LogP contribution in [0.3, 0.4) is 0 Å². The fraction of sp³-hybridized carbons (Fsp3) is 0.211. The van der Waals surface area contributed by atoms with Gasteiger partial charge < -0.3 is 0 Å². The second kappa shape index (κ2) is 9.38. The molecule has 29 heavy (non-hydrogen) atoms. The molecule has 152 valence electrons. The molecule has 0 saturated carbocycles. The van der Waals surface area contributed by atoms with Gasteiger partial charge in [-0.1, -0.05) is 60.4 Å². The van der Waals surface area contributed by atoms with Gasteiger partial charge in [0, 0.05) is 5.56 Å². The molecule has 0 fully saturated rings. The quantitative estimate of drug-likeness (QED) is 0.415. The van der Waals surface area contributed by atoms with Gasteiger partial charge in [-0.3, -0.25) is 14.4 Å². The number of aromatic nitrogens is 2. The Morgan fingerprint density at radius 2 is 1.79 bits per heavy atom. The number of anilines is 2. The summed E-state index contributed by atoms with van der Waals surface area (Å²) in [6.45, 7) is 2.23. The lowest BCUT2D eigenvalue weighted by molar-refractivity contribution is 0.102. The van der Waals surface area contributed by atoms with E-state index in [1.807, 2.05) is 37.3 Å². The molecule has 2 aromatic carbocycles. The maximum atomic E-state index is 12.4. The first-order valence-electron chi connectivity index (χ1n) is 8.76. The Labute approximate surface area is 178 Å². The van der Waals surface area contributed by atoms with E-state index >= 15 is 0 Å². The number of hydrogen-bond acceptors (Lipinski definition) is 7. The van der Waals surface area contributed by atoms with Crippen LogP contribution in [0, 0.1) is 0 Å². The molecule has 0 unspecified atom stereocenters. The molecule has 0 radical (unpaired) electrons. The number of carbonyl (C=O) groups excluding carboxylic acids is 1. The number of benzene rings is 2. The number of amides is 1. The van der Waals surface area contributed by atoms with Gasteiger partial charge in [0.1, 0.15) is 0 Å². The van der Waals surface area contributed by atoms with Crippen LogP contribution in [-0.4, -0.2) is 36.5 Å². The smallest absolute Gasteiger partial charge is 0.257 e. The van der Waals surface area contributed by atoms with Crippen LogP contribution >= 0.6 is 23.1 Å². The summed E-state index contributed by atoms with van der Waals surface area (Å²) in [6, 6.07) is 15.8. The van der Waals surface area contributed by atoms with Gasteiger partial charge in [0.2, 0.25) is 15.2 Å². The Balaban J connectivity index is 1.75. The predicted molar refractivity (Wildman–Crippen MR) is 118 cm³/mol. The third-order valence-electron chi connectivity index (χ3n) is 3.88. The van der Waals surface area contributed by atoms with Crippen LogP contribution in [-0.2, 0) is 16.6 Å². The number of carbonyl (C=O) groups is 1. The van der Waals surface area contributed by atoms with E-state index in [-0.39, 0.29) is 12.5 Å². The van der Waals surface area contributed by atoms with Crippen LogP contribution in [0.2, 0.25) is 0 Å². The lowest BCUT2D eigenvalue weighted by Crippen LogP contribution is -2.29. The van der Waals surface area contributed by atoms with Crippen molar-refractivity contribution >= 4 is 49.8 Å². The topological polar surface area (TPSA) is 92.3 Å². The zero-order valence-electron chi connectivity index (χ0n) is 15.9.